The van der Waals surface area contributed by atoms with Gasteiger partial charge in [0.25, 0.3) is 0 Å². The second-order valence-corrected chi connectivity index (χ2v) is 6.37. The number of aryl methyl sites for hydroxylation is 2. The second kappa shape index (κ2) is 3.39. The van der Waals surface area contributed by atoms with Crippen molar-refractivity contribution in [3.63, 3.8) is 0 Å². The maximum Gasteiger partial charge on any atom is 0.0557 e. The van der Waals surface area contributed by atoms with E-state index in [0.717, 1.165) is 0 Å². The molecule has 0 bridgehead atoms. The molecule has 2 N–H and O–H groups in total. The largest absolute Gasteiger partial charge is 0.318 e. The fourth-order valence-corrected chi connectivity index (χ4v) is 4.41. The van der Waals surface area contributed by atoms with E-state index in [1.54, 1.807) is 0 Å². The molecule has 2 nitrogen and oxygen atoms in total. The lowest BCUT2D eigenvalue weighted by atomic mass is 9.99. The Hall–Kier alpha value is -1.74. The molecule has 90 valence electrons. The molecule has 0 aliphatic carbocycles. The van der Waals surface area contributed by atoms with Crippen molar-refractivity contribution in [2.24, 2.45) is 0 Å². The monoisotopic (exact) mass is 254 g/mol. The molecule has 4 rings (SSSR count). The molecule has 2 aromatic rings. The summed E-state index contributed by atoms with van der Waals surface area (Å²) in [6.07, 6.45) is 0. The van der Waals surface area contributed by atoms with E-state index in [2.05, 4.69) is 59.7 Å². The summed E-state index contributed by atoms with van der Waals surface area (Å²) in [5.41, 5.74) is 7.84. The van der Waals surface area contributed by atoms with Crippen LogP contribution in [0.1, 0.15) is 22.3 Å². The molecule has 2 aliphatic heterocycles. The molecule has 0 saturated carbocycles. The predicted molar refractivity (Wildman–Crippen MR) is 80.4 cm³/mol. The van der Waals surface area contributed by atoms with Crippen molar-refractivity contribution in [3.8, 4) is 0 Å². The second-order valence-electron chi connectivity index (χ2n) is 4.94. The van der Waals surface area contributed by atoms with Crippen LogP contribution in [-0.2, 0) is 0 Å². The number of benzene rings is 2. The highest BCUT2D eigenvalue weighted by atomic mass is 32.2. The molecule has 2 heterocycles. The maximum atomic E-state index is 3.57. The van der Waals surface area contributed by atoms with Gasteiger partial charge in [-0.05, 0) is 38.1 Å². The molecular weight excluding hydrogens is 240 g/mol. The van der Waals surface area contributed by atoms with E-state index in [1.807, 2.05) is 0 Å². The summed E-state index contributed by atoms with van der Waals surface area (Å²) in [4.78, 5) is 1.42. The normalized spacial score (nSPS) is 15.8. The van der Waals surface area contributed by atoms with E-state index >= 15 is 0 Å². The number of anilines is 2. The van der Waals surface area contributed by atoms with Crippen LogP contribution in [0.3, 0.4) is 0 Å². The predicted octanol–water partition coefficient (Wildman–Crippen LogP) is 3.82. The fourth-order valence-electron chi connectivity index (χ4n) is 2.58. The van der Waals surface area contributed by atoms with Crippen molar-refractivity contribution >= 4 is 27.1 Å². The van der Waals surface area contributed by atoms with Gasteiger partial charge in [0, 0.05) is 22.0 Å². The molecule has 0 radical (unpaired) electrons. The third kappa shape index (κ3) is 1.28. The fraction of sp³-hybridized carbons (Fsp3) is 0.133. The Morgan fingerprint density at radius 2 is 1.28 bits per heavy atom. The van der Waals surface area contributed by atoms with Gasteiger partial charge in [0.15, 0.2) is 0 Å². The van der Waals surface area contributed by atoms with Gasteiger partial charge in [0.05, 0.1) is 16.2 Å². The zero-order valence-corrected chi connectivity index (χ0v) is 11.2. The summed E-state index contributed by atoms with van der Waals surface area (Å²) >= 11 is 0. The number of nitrogens with one attached hydrogen (secondary N) is 2. The van der Waals surface area contributed by atoms with Gasteiger partial charge >= 0.3 is 0 Å². The first-order valence-electron chi connectivity index (χ1n) is 6.09. The molecule has 0 unspecified atom stereocenters. The van der Waals surface area contributed by atoms with Gasteiger partial charge in [0.2, 0.25) is 0 Å². The molecule has 0 spiro atoms. The summed E-state index contributed by atoms with van der Waals surface area (Å²) in [7, 11) is -0.0607. The van der Waals surface area contributed by atoms with Gasteiger partial charge in [0.1, 0.15) is 0 Å². The van der Waals surface area contributed by atoms with Crippen LogP contribution in [0.2, 0.25) is 0 Å². The number of hydrogen-bond donors (Lipinski definition) is 2. The van der Waals surface area contributed by atoms with Crippen molar-refractivity contribution in [2.75, 3.05) is 9.44 Å². The van der Waals surface area contributed by atoms with Crippen LogP contribution in [0.4, 0.5) is 11.4 Å². The lowest BCUT2D eigenvalue weighted by Crippen LogP contribution is -1.98. The molecule has 0 atom stereocenters. The summed E-state index contributed by atoms with van der Waals surface area (Å²) < 4.78 is 7.14. The number of rotatable bonds is 0. The van der Waals surface area contributed by atoms with Crippen LogP contribution in [0.5, 0.6) is 0 Å². The highest BCUT2D eigenvalue weighted by molar-refractivity contribution is 8.19. The molecule has 3 heteroatoms. The summed E-state index contributed by atoms with van der Waals surface area (Å²) in [5.74, 6) is 0. The topological polar surface area (TPSA) is 24.1 Å². The molecule has 2 aromatic carbocycles. The highest BCUT2D eigenvalue weighted by Crippen LogP contribution is 2.44. The maximum absolute atomic E-state index is 3.57. The molecular formula is C15H14N2S. The Labute approximate surface area is 109 Å². The van der Waals surface area contributed by atoms with Gasteiger partial charge in [-0.15, -0.1) is 0 Å². The highest BCUT2D eigenvalue weighted by Gasteiger charge is 2.29. The van der Waals surface area contributed by atoms with E-state index < -0.39 is 0 Å². The minimum atomic E-state index is -0.0607. The Kier molecular flexibility index (Phi) is 1.92. The first kappa shape index (κ1) is 10.2. The third-order valence-electron chi connectivity index (χ3n) is 3.47. The molecule has 0 fully saturated rings. The molecule has 2 aliphatic rings. The molecule has 0 amide bonds. The summed E-state index contributed by atoms with van der Waals surface area (Å²) in [6, 6.07) is 13.2. The van der Waals surface area contributed by atoms with Crippen LogP contribution >= 0.6 is 10.9 Å². The average Bonchev–Trinajstić information content (AvgIpc) is 2.85. The van der Waals surface area contributed by atoms with Crippen molar-refractivity contribution in [3.05, 3.63) is 58.7 Å². The van der Waals surface area contributed by atoms with E-state index in [-0.39, 0.29) is 10.9 Å². The van der Waals surface area contributed by atoms with Crippen LogP contribution in [0, 0.1) is 13.8 Å². The van der Waals surface area contributed by atoms with Crippen molar-refractivity contribution in [1.29, 1.82) is 0 Å². The zero-order valence-electron chi connectivity index (χ0n) is 10.4. The Bertz CT molecular complexity index is 657. The number of hydrogen-bond acceptors (Lipinski definition) is 2. The smallest absolute Gasteiger partial charge is 0.0557 e. The minimum Gasteiger partial charge on any atom is -0.318 e. The van der Waals surface area contributed by atoms with E-state index in [0.29, 0.717) is 0 Å². The zero-order chi connectivity index (χ0) is 12.3. The van der Waals surface area contributed by atoms with Crippen molar-refractivity contribution in [2.45, 2.75) is 13.8 Å². The Morgan fingerprint density at radius 1 is 0.778 bits per heavy atom. The molecule has 18 heavy (non-hydrogen) atoms. The number of fused-ring (bicyclic) bond motifs is 4. The van der Waals surface area contributed by atoms with Crippen LogP contribution in [0.15, 0.2) is 36.4 Å². The Balaban J connectivity index is 1.97. The van der Waals surface area contributed by atoms with Crippen molar-refractivity contribution in [1.82, 2.24) is 0 Å². The molecule has 0 aromatic heterocycles. The lowest BCUT2D eigenvalue weighted by Gasteiger charge is -2.10. The van der Waals surface area contributed by atoms with Crippen LogP contribution in [-0.4, -0.2) is 4.86 Å². The average molecular weight is 254 g/mol. The first-order chi connectivity index (χ1) is 8.72. The van der Waals surface area contributed by atoms with Gasteiger partial charge in [-0.1, -0.05) is 23.3 Å². The molecule has 0 saturated heterocycles. The van der Waals surface area contributed by atoms with Gasteiger partial charge in [-0.25, -0.2) is 0 Å². The SMILES string of the molecule is Cc1ccc2c(c1)C1=S(N2)Nc2ccc(C)cc21. The van der Waals surface area contributed by atoms with E-state index in [9.17, 15) is 0 Å². The van der Waals surface area contributed by atoms with Gasteiger partial charge < -0.3 is 9.44 Å². The summed E-state index contributed by atoms with van der Waals surface area (Å²) in [5, 5.41) is 0. The first-order valence-corrected chi connectivity index (χ1v) is 7.31. The third-order valence-corrected chi connectivity index (χ3v) is 5.16. The van der Waals surface area contributed by atoms with Crippen LogP contribution < -0.4 is 9.44 Å². The quantitative estimate of drug-likeness (QED) is 0.698. The summed E-state index contributed by atoms with van der Waals surface area (Å²) in [6.45, 7) is 4.30. The lowest BCUT2D eigenvalue weighted by molar-refractivity contribution is 1.44. The van der Waals surface area contributed by atoms with E-state index in [4.69, 9.17) is 0 Å². The van der Waals surface area contributed by atoms with Crippen LogP contribution in [0.25, 0.3) is 0 Å². The van der Waals surface area contributed by atoms with E-state index in [1.165, 1.54) is 38.5 Å². The van der Waals surface area contributed by atoms with Crippen molar-refractivity contribution < 1.29 is 0 Å². The Morgan fingerprint density at radius 3 is 1.78 bits per heavy atom. The van der Waals surface area contributed by atoms with Gasteiger partial charge in [-0.2, -0.15) is 0 Å². The standard InChI is InChI=1S/C15H14N2S/c1-9-3-5-13-11(7-9)15-12-8-10(2)4-6-14(12)17-18(15)16-13/h3-8,16-17H,1-2H3. The minimum absolute atomic E-state index is 0.0607. The van der Waals surface area contributed by atoms with Gasteiger partial charge in [-0.3, -0.25) is 0 Å².